The van der Waals surface area contributed by atoms with E-state index in [1.54, 1.807) is 17.5 Å². The summed E-state index contributed by atoms with van der Waals surface area (Å²) in [5.74, 6) is 0.0604. The highest BCUT2D eigenvalue weighted by molar-refractivity contribution is 7.13. The third-order valence-electron chi connectivity index (χ3n) is 4.31. The number of H-pyrrole nitrogens is 1. The van der Waals surface area contributed by atoms with E-state index in [0.29, 0.717) is 25.3 Å². The highest BCUT2D eigenvalue weighted by atomic mass is 32.1. The molecule has 1 aliphatic rings. The van der Waals surface area contributed by atoms with Crippen molar-refractivity contribution in [2.75, 3.05) is 11.9 Å². The Morgan fingerprint density at radius 1 is 1.50 bits per heavy atom. The van der Waals surface area contributed by atoms with Crippen LogP contribution in [0.4, 0.5) is 5.13 Å². The Labute approximate surface area is 143 Å². The summed E-state index contributed by atoms with van der Waals surface area (Å²) in [7, 11) is 1.89. The molecule has 0 fully saturated rings. The fraction of sp³-hybridized carbons (Fsp3) is 0.312. The number of rotatable bonds is 4. The summed E-state index contributed by atoms with van der Waals surface area (Å²) < 4.78 is 1.86. The quantitative estimate of drug-likeness (QED) is 0.760. The molecule has 0 radical (unpaired) electrons. The number of nitrogens with one attached hydrogen (secondary N) is 2. The van der Waals surface area contributed by atoms with E-state index in [-0.39, 0.29) is 5.91 Å². The molecule has 8 heteroatoms. The maximum atomic E-state index is 12.6. The summed E-state index contributed by atoms with van der Waals surface area (Å²) in [6.45, 7) is 1.93. The summed E-state index contributed by atoms with van der Waals surface area (Å²) in [6, 6.07) is 3.75. The number of aromatic amines is 1. The second-order valence-electron chi connectivity index (χ2n) is 5.80. The van der Waals surface area contributed by atoms with Crippen LogP contribution in [-0.4, -0.2) is 37.1 Å². The number of amides is 1. The summed E-state index contributed by atoms with van der Waals surface area (Å²) in [6.07, 6.45) is 4.48. The molecule has 1 amide bonds. The summed E-state index contributed by atoms with van der Waals surface area (Å²) >= 11 is 1.57. The van der Waals surface area contributed by atoms with E-state index >= 15 is 0 Å². The first-order valence-corrected chi connectivity index (χ1v) is 8.69. The van der Waals surface area contributed by atoms with Crippen molar-refractivity contribution in [3.05, 3.63) is 52.6 Å². The van der Waals surface area contributed by atoms with Gasteiger partial charge in [0.1, 0.15) is 5.69 Å². The standard InChI is InChI=1S/C16H18N6OS/c1-21-6-2-3-14(21)15(23)22-7-4-11-12(19-20-13(11)10-22)9-18-16-17-5-8-24-16/h2-3,5-6,8H,4,7,9-10H2,1H3,(H,17,18)(H,19,20). The average molecular weight is 342 g/mol. The molecule has 0 bridgehead atoms. The van der Waals surface area contributed by atoms with Crippen LogP contribution in [0.5, 0.6) is 0 Å². The lowest BCUT2D eigenvalue weighted by Crippen LogP contribution is -2.37. The molecule has 0 saturated carbocycles. The van der Waals surface area contributed by atoms with Crippen LogP contribution in [0.2, 0.25) is 0 Å². The van der Waals surface area contributed by atoms with Gasteiger partial charge in [0, 0.05) is 36.9 Å². The van der Waals surface area contributed by atoms with Crippen LogP contribution in [0, 0.1) is 0 Å². The lowest BCUT2D eigenvalue weighted by molar-refractivity contribution is 0.0722. The smallest absolute Gasteiger partial charge is 0.270 e. The maximum absolute atomic E-state index is 12.6. The van der Waals surface area contributed by atoms with Crippen LogP contribution in [0.1, 0.15) is 27.4 Å². The van der Waals surface area contributed by atoms with Gasteiger partial charge in [0.2, 0.25) is 0 Å². The molecule has 2 N–H and O–H groups in total. The largest absolute Gasteiger partial charge is 0.356 e. The lowest BCUT2D eigenvalue weighted by Gasteiger charge is -2.27. The Kier molecular flexibility index (Phi) is 3.81. The first-order chi connectivity index (χ1) is 11.7. The van der Waals surface area contributed by atoms with Crippen molar-refractivity contribution in [3.8, 4) is 0 Å². The number of carbonyl (C=O) groups excluding carboxylic acids is 1. The van der Waals surface area contributed by atoms with E-state index in [1.165, 1.54) is 5.56 Å². The molecule has 0 aliphatic carbocycles. The lowest BCUT2D eigenvalue weighted by atomic mass is 10.0. The van der Waals surface area contributed by atoms with Crippen LogP contribution >= 0.6 is 11.3 Å². The highest BCUT2D eigenvalue weighted by Crippen LogP contribution is 2.22. The van der Waals surface area contributed by atoms with Gasteiger partial charge >= 0.3 is 0 Å². The molecule has 0 atom stereocenters. The molecule has 7 nitrogen and oxygen atoms in total. The van der Waals surface area contributed by atoms with Gasteiger partial charge in [-0.25, -0.2) is 4.98 Å². The van der Waals surface area contributed by atoms with Gasteiger partial charge in [-0.05, 0) is 18.6 Å². The first kappa shape index (κ1) is 14.9. The Morgan fingerprint density at radius 3 is 3.17 bits per heavy atom. The van der Waals surface area contributed by atoms with Gasteiger partial charge in [-0.3, -0.25) is 9.89 Å². The number of hydrogen-bond acceptors (Lipinski definition) is 5. The Balaban J connectivity index is 1.46. The minimum Gasteiger partial charge on any atom is -0.356 e. The number of aryl methyl sites for hydroxylation is 1. The number of anilines is 1. The molecule has 0 unspecified atom stereocenters. The summed E-state index contributed by atoms with van der Waals surface area (Å²) in [5, 5.41) is 13.6. The van der Waals surface area contributed by atoms with Crippen molar-refractivity contribution in [1.29, 1.82) is 0 Å². The third-order valence-corrected chi connectivity index (χ3v) is 5.04. The van der Waals surface area contributed by atoms with Crippen LogP contribution in [0.3, 0.4) is 0 Å². The number of thiazole rings is 1. The first-order valence-electron chi connectivity index (χ1n) is 7.81. The zero-order valence-electron chi connectivity index (χ0n) is 13.3. The van der Waals surface area contributed by atoms with Gasteiger partial charge in [-0.2, -0.15) is 5.10 Å². The van der Waals surface area contributed by atoms with Crippen molar-refractivity contribution in [2.24, 2.45) is 7.05 Å². The van der Waals surface area contributed by atoms with Crippen LogP contribution in [0.15, 0.2) is 29.9 Å². The maximum Gasteiger partial charge on any atom is 0.270 e. The summed E-state index contributed by atoms with van der Waals surface area (Å²) in [5.41, 5.74) is 3.96. The second-order valence-corrected chi connectivity index (χ2v) is 6.69. The van der Waals surface area contributed by atoms with Crippen molar-refractivity contribution in [3.63, 3.8) is 0 Å². The topological polar surface area (TPSA) is 78.8 Å². The molecule has 0 spiro atoms. The van der Waals surface area contributed by atoms with Gasteiger partial charge in [-0.1, -0.05) is 0 Å². The number of nitrogens with zero attached hydrogens (tertiary/aromatic N) is 4. The molecule has 124 valence electrons. The zero-order chi connectivity index (χ0) is 16.5. The Bertz CT molecular complexity index is 850. The predicted octanol–water partition coefficient (Wildman–Crippen LogP) is 2.02. The zero-order valence-corrected chi connectivity index (χ0v) is 14.1. The number of carbonyl (C=O) groups is 1. The minimum atomic E-state index is 0.0604. The highest BCUT2D eigenvalue weighted by Gasteiger charge is 2.26. The van der Waals surface area contributed by atoms with Crippen molar-refractivity contribution >= 4 is 22.4 Å². The molecule has 3 aromatic rings. The van der Waals surface area contributed by atoms with Gasteiger partial charge in [-0.15, -0.1) is 11.3 Å². The van der Waals surface area contributed by atoms with Crippen molar-refractivity contribution < 1.29 is 4.79 Å². The molecule has 24 heavy (non-hydrogen) atoms. The van der Waals surface area contributed by atoms with Gasteiger partial charge < -0.3 is 14.8 Å². The Hall–Kier alpha value is -2.61. The molecular formula is C16H18N6OS. The van der Waals surface area contributed by atoms with Crippen LogP contribution < -0.4 is 5.32 Å². The number of aromatic nitrogens is 4. The predicted molar refractivity (Wildman–Crippen MR) is 91.9 cm³/mol. The monoisotopic (exact) mass is 342 g/mol. The summed E-state index contributed by atoms with van der Waals surface area (Å²) in [4.78, 5) is 18.7. The molecule has 4 rings (SSSR count). The molecular weight excluding hydrogens is 324 g/mol. The molecule has 1 aliphatic heterocycles. The normalized spacial score (nSPS) is 13.8. The van der Waals surface area contributed by atoms with E-state index < -0.39 is 0 Å². The average Bonchev–Trinajstić information content (AvgIpc) is 3.32. The van der Waals surface area contributed by atoms with Crippen LogP contribution in [-0.2, 0) is 26.6 Å². The van der Waals surface area contributed by atoms with E-state index in [4.69, 9.17) is 0 Å². The van der Waals surface area contributed by atoms with Crippen molar-refractivity contribution in [2.45, 2.75) is 19.5 Å². The fourth-order valence-corrected chi connectivity index (χ4v) is 3.55. The van der Waals surface area contributed by atoms with Gasteiger partial charge in [0.15, 0.2) is 5.13 Å². The molecule has 3 aromatic heterocycles. The van der Waals surface area contributed by atoms with E-state index in [2.05, 4.69) is 20.5 Å². The van der Waals surface area contributed by atoms with Gasteiger partial charge in [0.05, 0.1) is 24.5 Å². The number of fused-ring (bicyclic) bond motifs is 1. The van der Waals surface area contributed by atoms with Gasteiger partial charge in [0.25, 0.3) is 5.91 Å². The molecule has 0 saturated heterocycles. The van der Waals surface area contributed by atoms with Crippen LogP contribution in [0.25, 0.3) is 0 Å². The van der Waals surface area contributed by atoms with E-state index in [0.717, 1.165) is 22.9 Å². The number of hydrogen-bond donors (Lipinski definition) is 2. The molecule has 0 aromatic carbocycles. The van der Waals surface area contributed by atoms with Crippen molar-refractivity contribution in [1.82, 2.24) is 24.6 Å². The fourth-order valence-electron chi connectivity index (χ4n) is 3.02. The minimum absolute atomic E-state index is 0.0604. The van der Waals surface area contributed by atoms with E-state index in [1.807, 2.05) is 40.2 Å². The second kappa shape index (κ2) is 6.12. The Morgan fingerprint density at radius 2 is 2.42 bits per heavy atom. The molecule has 4 heterocycles. The third kappa shape index (κ3) is 2.69. The SMILES string of the molecule is Cn1cccc1C(=O)N1CCc2c(CNc3nccs3)n[nH]c2C1. The van der Waals surface area contributed by atoms with E-state index in [9.17, 15) is 4.79 Å².